The number of carbonyl (C=O) groups is 3. The first-order valence-corrected chi connectivity index (χ1v) is 12.8. The Kier molecular flexibility index (Phi) is 6.74. The van der Waals surface area contributed by atoms with E-state index in [-0.39, 0.29) is 34.9 Å². The van der Waals surface area contributed by atoms with E-state index in [1.165, 1.54) is 4.90 Å². The van der Waals surface area contributed by atoms with Crippen molar-refractivity contribution in [2.45, 2.75) is 51.1 Å². The highest BCUT2D eigenvalue weighted by Gasteiger charge is 2.39. The zero-order chi connectivity index (χ0) is 26.1. The molecule has 2 aliphatic rings. The number of rotatable bonds is 7. The molecule has 1 aliphatic carbocycles. The minimum atomic E-state index is -1.18. The van der Waals surface area contributed by atoms with E-state index < -0.39 is 23.8 Å². The third kappa shape index (κ3) is 4.84. The Hall–Kier alpha value is -4.06. The predicted octanol–water partition coefficient (Wildman–Crippen LogP) is 3.29. The van der Waals surface area contributed by atoms with Gasteiger partial charge < -0.3 is 30.7 Å². The standard InChI is InChI=1S/C25H27N5O6S/c1-13-7-9-17(36-13)21(24(32)28-14-5-3-2-4-6-14)30(15-8-10-16-18(11-15)35-12-34-16)25(33)22-19(26)20(23(27)31)29-37-22/h7-11,14,21H,2-6,12,26H2,1H3,(H2,27,31)(H,28,32)/t21-/m0/s1. The number of nitrogens with two attached hydrogens (primary N) is 2. The third-order valence-electron chi connectivity index (χ3n) is 6.50. The van der Waals surface area contributed by atoms with Gasteiger partial charge in [-0.2, -0.15) is 4.37 Å². The van der Waals surface area contributed by atoms with Gasteiger partial charge in [0.15, 0.2) is 23.2 Å². The van der Waals surface area contributed by atoms with Crippen LogP contribution in [-0.4, -0.2) is 34.9 Å². The first-order chi connectivity index (χ1) is 17.8. The highest BCUT2D eigenvalue weighted by molar-refractivity contribution is 7.09. The number of amides is 3. The number of aromatic nitrogens is 1. The van der Waals surface area contributed by atoms with Gasteiger partial charge in [0.25, 0.3) is 17.7 Å². The summed E-state index contributed by atoms with van der Waals surface area (Å²) < 4.78 is 20.8. The van der Waals surface area contributed by atoms with Gasteiger partial charge in [0.2, 0.25) is 6.79 Å². The number of benzene rings is 1. The van der Waals surface area contributed by atoms with Crippen LogP contribution in [-0.2, 0) is 4.79 Å². The third-order valence-corrected chi connectivity index (χ3v) is 7.35. The maximum atomic E-state index is 14.1. The Balaban J connectivity index is 1.61. The normalized spacial score (nSPS) is 15.8. The summed E-state index contributed by atoms with van der Waals surface area (Å²) in [4.78, 5) is 41.0. The molecule has 0 unspecified atom stereocenters. The smallest absolute Gasteiger partial charge is 0.273 e. The van der Waals surface area contributed by atoms with Crippen LogP contribution < -0.4 is 31.2 Å². The number of aryl methyl sites for hydroxylation is 1. The van der Waals surface area contributed by atoms with Gasteiger partial charge in [-0.25, -0.2) is 0 Å². The molecule has 3 aromatic rings. The Morgan fingerprint density at radius 3 is 2.54 bits per heavy atom. The van der Waals surface area contributed by atoms with Crippen molar-refractivity contribution in [1.82, 2.24) is 9.69 Å². The molecule has 0 radical (unpaired) electrons. The number of nitrogen functional groups attached to an aromatic ring is 1. The van der Waals surface area contributed by atoms with Crippen LogP contribution in [0.3, 0.4) is 0 Å². The summed E-state index contributed by atoms with van der Waals surface area (Å²) in [6, 6.07) is 7.12. The number of carbonyl (C=O) groups excluding carboxylic acids is 3. The number of primary amides is 1. The number of nitrogens with zero attached hydrogens (tertiary/aromatic N) is 2. The van der Waals surface area contributed by atoms with E-state index in [1.807, 2.05) is 0 Å². The highest BCUT2D eigenvalue weighted by Crippen LogP contribution is 2.40. The van der Waals surface area contributed by atoms with E-state index in [0.717, 1.165) is 43.6 Å². The van der Waals surface area contributed by atoms with Crippen LogP contribution >= 0.6 is 11.5 Å². The molecule has 2 aromatic heterocycles. The molecule has 0 spiro atoms. The molecule has 1 atom stereocenters. The number of hydrogen-bond donors (Lipinski definition) is 3. The Morgan fingerprint density at radius 1 is 1.11 bits per heavy atom. The van der Waals surface area contributed by atoms with Gasteiger partial charge in [-0.05, 0) is 55.6 Å². The van der Waals surface area contributed by atoms with Crippen LogP contribution in [0.15, 0.2) is 34.7 Å². The van der Waals surface area contributed by atoms with Crippen molar-refractivity contribution in [1.29, 1.82) is 0 Å². The van der Waals surface area contributed by atoms with Crippen LogP contribution in [0, 0.1) is 6.92 Å². The number of anilines is 2. The summed E-state index contributed by atoms with van der Waals surface area (Å²) in [5, 5.41) is 3.11. The van der Waals surface area contributed by atoms with Gasteiger partial charge in [-0.15, -0.1) is 0 Å². The molecular weight excluding hydrogens is 498 g/mol. The lowest BCUT2D eigenvalue weighted by Crippen LogP contribution is -2.47. The fourth-order valence-electron chi connectivity index (χ4n) is 4.66. The van der Waals surface area contributed by atoms with Gasteiger partial charge >= 0.3 is 0 Å². The van der Waals surface area contributed by atoms with Gasteiger partial charge in [0.05, 0.1) is 5.69 Å². The molecule has 5 N–H and O–H groups in total. The number of hydrogen-bond acceptors (Lipinski definition) is 9. The summed E-state index contributed by atoms with van der Waals surface area (Å²) in [5.74, 6) is -0.0961. The maximum absolute atomic E-state index is 14.1. The largest absolute Gasteiger partial charge is 0.464 e. The zero-order valence-corrected chi connectivity index (χ0v) is 21.0. The molecular formula is C25H27N5O6S. The minimum Gasteiger partial charge on any atom is -0.464 e. The topological polar surface area (TPSA) is 163 Å². The summed E-state index contributed by atoms with van der Waals surface area (Å²) in [6.45, 7) is 1.80. The Labute approximate surface area is 216 Å². The quantitative estimate of drug-likeness (QED) is 0.423. The van der Waals surface area contributed by atoms with E-state index in [4.69, 9.17) is 25.4 Å². The summed E-state index contributed by atoms with van der Waals surface area (Å²) >= 11 is 0.741. The predicted molar refractivity (Wildman–Crippen MR) is 136 cm³/mol. The average Bonchev–Trinajstić information content (AvgIpc) is 3.61. The zero-order valence-electron chi connectivity index (χ0n) is 20.2. The molecule has 1 aromatic carbocycles. The first-order valence-electron chi connectivity index (χ1n) is 12.0. The second kappa shape index (κ2) is 10.1. The summed E-state index contributed by atoms with van der Waals surface area (Å²) in [6.07, 6.45) is 4.89. The van der Waals surface area contributed by atoms with Crippen LogP contribution in [0.1, 0.15) is 69.8 Å². The fourth-order valence-corrected chi connectivity index (χ4v) is 5.40. The minimum absolute atomic E-state index is 0.0107. The van der Waals surface area contributed by atoms with Crippen molar-refractivity contribution >= 4 is 40.6 Å². The molecule has 3 amide bonds. The molecule has 37 heavy (non-hydrogen) atoms. The lowest BCUT2D eigenvalue weighted by molar-refractivity contribution is -0.123. The highest BCUT2D eigenvalue weighted by atomic mass is 32.1. The van der Waals surface area contributed by atoms with Crippen molar-refractivity contribution in [3.8, 4) is 11.5 Å². The van der Waals surface area contributed by atoms with Gasteiger partial charge in [0.1, 0.15) is 16.4 Å². The molecule has 0 bridgehead atoms. The summed E-state index contributed by atoms with van der Waals surface area (Å²) in [5.41, 5.74) is 11.5. The molecule has 12 heteroatoms. The molecule has 1 saturated carbocycles. The lowest BCUT2D eigenvalue weighted by atomic mass is 9.95. The van der Waals surface area contributed by atoms with E-state index >= 15 is 0 Å². The monoisotopic (exact) mass is 525 g/mol. The number of fused-ring (bicyclic) bond motifs is 1. The maximum Gasteiger partial charge on any atom is 0.273 e. The van der Waals surface area contributed by atoms with Crippen molar-refractivity contribution in [3.63, 3.8) is 0 Å². The van der Waals surface area contributed by atoms with Crippen LogP contribution in [0.25, 0.3) is 0 Å². The second-order valence-electron chi connectivity index (χ2n) is 9.05. The molecule has 1 fully saturated rings. The molecule has 0 saturated heterocycles. The van der Waals surface area contributed by atoms with Crippen molar-refractivity contribution < 1.29 is 28.3 Å². The lowest BCUT2D eigenvalue weighted by Gasteiger charge is -2.32. The van der Waals surface area contributed by atoms with Crippen molar-refractivity contribution in [2.24, 2.45) is 5.73 Å². The first kappa shape index (κ1) is 24.6. The van der Waals surface area contributed by atoms with Gasteiger partial charge in [-0.1, -0.05) is 19.3 Å². The van der Waals surface area contributed by atoms with Crippen molar-refractivity contribution in [3.05, 3.63) is 52.4 Å². The molecule has 194 valence electrons. The second-order valence-corrected chi connectivity index (χ2v) is 9.82. The van der Waals surface area contributed by atoms with Crippen LogP contribution in [0.2, 0.25) is 0 Å². The van der Waals surface area contributed by atoms with Gasteiger partial charge in [0, 0.05) is 17.8 Å². The number of furan rings is 1. The molecule has 3 heterocycles. The van der Waals surface area contributed by atoms with Gasteiger partial charge in [-0.3, -0.25) is 19.3 Å². The SMILES string of the molecule is Cc1ccc([C@@H](C(=O)NC2CCCCC2)N(C(=O)c2snc(C(N)=O)c2N)c2ccc3c(c2)OCO3)o1. The molecule has 5 rings (SSSR count). The number of ether oxygens (including phenoxy) is 2. The van der Waals surface area contributed by atoms with Crippen LogP contribution in [0.4, 0.5) is 11.4 Å². The van der Waals surface area contributed by atoms with E-state index in [0.29, 0.717) is 22.9 Å². The number of nitrogens with one attached hydrogen (secondary N) is 1. The van der Waals surface area contributed by atoms with E-state index in [2.05, 4.69) is 9.69 Å². The Morgan fingerprint density at radius 2 is 1.86 bits per heavy atom. The van der Waals surface area contributed by atoms with E-state index in [1.54, 1.807) is 37.3 Å². The molecule has 11 nitrogen and oxygen atoms in total. The fraction of sp³-hybridized carbons (Fsp3) is 0.360. The Bertz CT molecular complexity index is 1350. The average molecular weight is 526 g/mol. The summed E-state index contributed by atoms with van der Waals surface area (Å²) in [7, 11) is 0. The van der Waals surface area contributed by atoms with E-state index in [9.17, 15) is 14.4 Å². The van der Waals surface area contributed by atoms with Crippen molar-refractivity contribution in [2.75, 3.05) is 17.4 Å². The van der Waals surface area contributed by atoms with Crippen LogP contribution in [0.5, 0.6) is 11.5 Å². The molecule has 1 aliphatic heterocycles.